The van der Waals surface area contributed by atoms with Gasteiger partial charge < -0.3 is 10.1 Å². The van der Waals surface area contributed by atoms with Gasteiger partial charge in [0.2, 0.25) is 5.91 Å². The molecular formula is C17H22N4O2. The molecule has 0 bridgehead atoms. The maximum absolute atomic E-state index is 12.6. The third kappa shape index (κ3) is 3.76. The van der Waals surface area contributed by atoms with Gasteiger partial charge in [-0.25, -0.2) is 0 Å². The van der Waals surface area contributed by atoms with Gasteiger partial charge in [-0.3, -0.25) is 14.5 Å². The average Bonchev–Trinajstić information content (AvgIpc) is 3.15. The lowest BCUT2D eigenvalue weighted by molar-refractivity contribution is -0.125. The molecule has 122 valence electrons. The van der Waals surface area contributed by atoms with E-state index in [-0.39, 0.29) is 18.0 Å². The molecule has 2 aromatic heterocycles. The van der Waals surface area contributed by atoms with Gasteiger partial charge in [-0.1, -0.05) is 6.07 Å². The summed E-state index contributed by atoms with van der Waals surface area (Å²) in [5.74, 6) is 0.329. The molecule has 2 aromatic rings. The first kappa shape index (κ1) is 15.7. The van der Waals surface area contributed by atoms with E-state index in [1.807, 2.05) is 31.3 Å². The zero-order valence-corrected chi connectivity index (χ0v) is 13.3. The van der Waals surface area contributed by atoms with Crippen molar-refractivity contribution in [3.05, 3.63) is 48.5 Å². The molecule has 1 amide bonds. The summed E-state index contributed by atoms with van der Waals surface area (Å²) < 4.78 is 7.12. The SMILES string of the molecule is C[C@H](C(=O)N[C@@H](c1cccnc1)C1CCOCC1)n1cccn1. The fraction of sp³-hybridized carbons (Fsp3) is 0.471. The van der Waals surface area contributed by atoms with Crippen molar-refractivity contribution in [3.8, 4) is 0 Å². The predicted octanol–water partition coefficient (Wildman–Crippen LogP) is 2.12. The number of ether oxygens (including phenoxy) is 1. The number of carbonyl (C=O) groups is 1. The molecule has 0 spiro atoms. The van der Waals surface area contributed by atoms with Crippen molar-refractivity contribution in [2.45, 2.75) is 31.8 Å². The lowest BCUT2D eigenvalue weighted by Crippen LogP contribution is -2.39. The summed E-state index contributed by atoms with van der Waals surface area (Å²) in [5, 5.41) is 7.35. The van der Waals surface area contributed by atoms with Crippen molar-refractivity contribution in [3.63, 3.8) is 0 Å². The molecule has 1 N–H and O–H groups in total. The minimum atomic E-state index is -0.344. The van der Waals surface area contributed by atoms with E-state index in [0.29, 0.717) is 5.92 Å². The fourth-order valence-electron chi connectivity index (χ4n) is 2.99. The number of nitrogens with one attached hydrogen (secondary N) is 1. The van der Waals surface area contributed by atoms with Gasteiger partial charge in [-0.15, -0.1) is 0 Å². The molecule has 1 saturated heterocycles. The first-order valence-corrected chi connectivity index (χ1v) is 8.03. The molecule has 0 unspecified atom stereocenters. The third-order valence-electron chi connectivity index (χ3n) is 4.38. The topological polar surface area (TPSA) is 69.0 Å². The van der Waals surface area contributed by atoms with Crippen LogP contribution in [0.2, 0.25) is 0 Å². The highest BCUT2D eigenvalue weighted by atomic mass is 16.5. The Balaban J connectivity index is 1.76. The molecule has 2 atom stereocenters. The molecule has 1 aliphatic rings. The highest BCUT2D eigenvalue weighted by Gasteiger charge is 2.28. The summed E-state index contributed by atoms with van der Waals surface area (Å²) in [6.07, 6.45) is 8.95. The van der Waals surface area contributed by atoms with Crippen LogP contribution in [0.3, 0.4) is 0 Å². The summed E-state index contributed by atoms with van der Waals surface area (Å²) in [4.78, 5) is 16.8. The molecule has 0 aromatic carbocycles. The Kier molecular flexibility index (Phi) is 5.02. The van der Waals surface area contributed by atoms with Crippen molar-refractivity contribution in [1.29, 1.82) is 0 Å². The van der Waals surface area contributed by atoms with Gasteiger partial charge in [0.25, 0.3) is 0 Å². The van der Waals surface area contributed by atoms with Crippen LogP contribution in [-0.2, 0) is 9.53 Å². The molecule has 6 nitrogen and oxygen atoms in total. The van der Waals surface area contributed by atoms with E-state index in [0.717, 1.165) is 31.6 Å². The molecule has 0 saturated carbocycles. The molecule has 23 heavy (non-hydrogen) atoms. The third-order valence-corrected chi connectivity index (χ3v) is 4.38. The van der Waals surface area contributed by atoms with Crippen LogP contribution in [0.1, 0.15) is 37.4 Å². The molecule has 1 fully saturated rings. The second-order valence-corrected chi connectivity index (χ2v) is 5.88. The van der Waals surface area contributed by atoms with Crippen molar-refractivity contribution in [2.24, 2.45) is 5.92 Å². The number of aromatic nitrogens is 3. The Bertz CT molecular complexity index is 609. The number of rotatable bonds is 5. The van der Waals surface area contributed by atoms with Gasteiger partial charge in [0, 0.05) is 38.0 Å². The molecule has 3 heterocycles. The van der Waals surface area contributed by atoms with Crippen LogP contribution < -0.4 is 5.32 Å². The van der Waals surface area contributed by atoms with Gasteiger partial charge in [0.05, 0.1) is 6.04 Å². The van der Waals surface area contributed by atoms with E-state index in [2.05, 4.69) is 15.4 Å². The smallest absolute Gasteiger partial charge is 0.245 e. The summed E-state index contributed by atoms with van der Waals surface area (Å²) in [7, 11) is 0. The van der Waals surface area contributed by atoms with Gasteiger partial charge in [0.15, 0.2) is 0 Å². The van der Waals surface area contributed by atoms with Crippen LogP contribution in [0, 0.1) is 5.92 Å². The van der Waals surface area contributed by atoms with E-state index < -0.39 is 0 Å². The Morgan fingerprint density at radius 2 is 2.17 bits per heavy atom. The summed E-state index contributed by atoms with van der Waals surface area (Å²) >= 11 is 0. The van der Waals surface area contributed by atoms with Crippen molar-refractivity contribution >= 4 is 5.91 Å². The van der Waals surface area contributed by atoms with E-state index >= 15 is 0 Å². The van der Waals surface area contributed by atoms with Crippen molar-refractivity contribution < 1.29 is 9.53 Å². The zero-order chi connectivity index (χ0) is 16.1. The molecule has 1 aliphatic heterocycles. The second-order valence-electron chi connectivity index (χ2n) is 5.88. The maximum Gasteiger partial charge on any atom is 0.245 e. The lowest BCUT2D eigenvalue weighted by atomic mass is 9.87. The predicted molar refractivity (Wildman–Crippen MR) is 85.6 cm³/mol. The van der Waals surface area contributed by atoms with Crippen molar-refractivity contribution in [2.75, 3.05) is 13.2 Å². The molecular weight excluding hydrogens is 292 g/mol. The highest BCUT2D eigenvalue weighted by Crippen LogP contribution is 2.30. The van der Waals surface area contributed by atoms with E-state index in [1.54, 1.807) is 23.3 Å². The largest absolute Gasteiger partial charge is 0.381 e. The average molecular weight is 314 g/mol. The molecule has 0 aliphatic carbocycles. The number of nitrogens with zero attached hydrogens (tertiary/aromatic N) is 3. The van der Waals surface area contributed by atoms with E-state index in [4.69, 9.17) is 4.74 Å². The monoisotopic (exact) mass is 314 g/mol. The number of carbonyl (C=O) groups excluding carboxylic acids is 1. The molecule has 0 radical (unpaired) electrons. The quantitative estimate of drug-likeness (QED) is 0.918. The standard InChI is InChI=1S/C17H22N4O2/c1-13(21-9-3-8-19-21)17(22)20-16(14-5-10-23-11-6-14)15-4-2-7-18-12-15/h2-4,7-9,12-14,16H,5-6,10-11H2,1H3,(H,20,22)/t13-,16-/m1/s1. The minimum Gasteiger partial charge on any atom is -0.381 e. The number of hydrogen-bond acceptors (Lipinski definition) is 4. The second kappa shape index (κ2) is 7.37. The van der Waals surface area contributed by atoms with Crippen molar-refractivity contribution in [1.82, 2.24) is 20.1 Å². The van der Waals surface area contributed by atoms with Gasteiger partial charge >= 0.3 is 0 Å². The first-order chi connectivity index (χ1) is 11.3. The fourth-order valence-corrected chi connectivity index (χ4v) is 2.99. The van der Waals surface area contributed by atoms with Crippen LogP contribution >= 0.6 is 0 Å². The highest BCUT2D eigenvalue weighted by molar-refractivity contribution is 5.80. The minimum absolute atomic E-state index is 0.0333. The van der Waals surface area contributed by atoms with Gasteiger partial charge in [0.1, 0.15) is 6.04 Å². The normalized spacial score (nSPS) is 18.3. The molecule has 3 rings (SSSR count). The summed E-state index contributed by atoms with van der Waals surface area (Å²) in [5.41, 5.74) is 1.04. The first-order valence-electron chi connectivity index (χ1n) is 8.03. The number of pyridine rings is 1. The maximum atomic E-state index is 12.6. The Morgan fingerprint density at radius 1 is 1.35 bits per heavy atom. The van der Waals surface area contributed by atoms with Crippen LogP contribution in [0.25, 0.3) is 0 Å². The van der Waals surface area contributed by atoms with Crippen LogP contribution in [0.4, 0.5) is 0 Å². The Morgan fingerprint density at radius 3 is 2.83 bits per heavy atom. The van der Waals surface area contributed by atoms with E-state index in [1.165, 1.54) is 0 Å². The number of amides is 1. The Hall–Kier alpha value is -2.21. The van der Waals surface area contributed by atoms with Gasteiger partial charge in [-0.05, 0) is 43.4 Å². The van der Waals surface area contributed by atoms with Crippen LogP contribution in [-0.4, -0.2) is 33.9 Å². The summed E-state index contributed by atoms with van der Waals surface area (Å²) in [6.45, 7) is 3.34. The molecule has 6 heteroatoms. The lowest BCUT2D eigenvalue weighted by Gasteiger charge is -2.32. The van der Waals surface area contributed by atoms with Crippen LogP contribution in [0.15, 0.2) is 43.0 Å². The summed E-state index contributed by atoms with van der Waals surface area (Å²) in [6, 6.07) is 5.36. The van der Waals surface area contributed by atoms with Gasteiger partial charge in [-0.2, -0.15) is 5.10 Å². The van der Waals surface area contributed by atoms with E-state index in [9.17, 15) is 4.79 Å². The van der Waals surface area contributed by atoms with Crippen LogP contribution in [0.5, 0.6) is 0 Å². The zero-order valence-electron chi connectivity index (χ0n) is 13.3. The Labute approximate surface area is 135 Å². The number of hydrogen-bond donors (Lipinski definition) is 1.